The van der Waals surface area contributed by atoms with Gasteiger partial charge in [-0.05, 0) is 65.6 Å². The van der Waals surface area contributed by atoms with Gasteiger partial charge in [0.2, 0.25) is 0 Å². The molecule has 0 radical (unpaired) electrons. The number of halogens is 3. The molecule has 198 valence electrons. The Morgan fingerprint density at radius 3 is 1.95 bits per heavy atom. The number of ether oxygens (including phenoxy) is 1. The Morgan fingerprint density at radius 2 is 1.32 bits per heavy atom. The Labute approximate surface area is 220 Å². The van der Waals surface area contributed by atoms with E-state index in [1.54, 1.807) is 24.3 Å². The fourth-order valence-corrected chi connectivity index (χ4v) is 5.21. The van der Waals surface area contributed by atoms with Crippen LogP contribution >= 0.6 is 9.24 Å². The number of hydrogen-bond donors (Lipinski definition) is 0. The Balaban J connectivity index is 1.17. The molecule has 3 aromatic rings. The molecule has 37 heavy (non-hydrogen) atoms. The van der Waals surface area contributed by atoms with Crippen molar-refractivity contribution in [3.63, 3.8) is 0 Å². The highest BCUT2D eigenvalue weighted by molar-refractivity contribution is 7.27. The first-order valence-corrected chi connectivity index (χ1v) is 13.6. The van der Waals surface area contributed by atoms with Crippen LogP contribution in [0.15, 0.2) is 72.8 Å². The third kappa shape index (κ3) is 8.84. The maximum absolute atomic E-state index is 13.5. The molecular formula is C30H36F3N2OP. The lowest BCUT2D eigenvalue weighted by molar-refractivity contribution is -0.0498. The van der Waals surface area contributed by atoms with Crippen LogP contribution in [-0.2, 0) is 6.54 Å². The minimum absolute atomic E-state index is 0.194. The van der Waals surface area contributed by atoms with Crippen LogP contribution in [-0.4, -0.2) is 49.1 Å². The first-order chi connectivity index (χ1) is 18.0. The van der Waals surface area contributed by atoms with Crippen LogP contribution in [0.5, 0.6) is 5.75 Å². The van der Waals surface area contributed by atoms with Crippen molar-refractivity contribution in [2.45, 2.75) is 44.8 Å². The normalized spacial score (nSPS) is 15.7. The lowest BCUT2D eigenvalue weighted by Gasteiger charge is -2.34. The molecule has 0 aliphatic carbocycles. The van der Waals surface area contributed by atoms with Gasteiger partial charge in [0, 0.05) is 38.6 Å². The maximum Gasteiger partial charge on any atom is 0.387 e. The molecule has 0 N–H and O–H groups in total. The molecule has 7 heteroatoms. The Bertz CT molecular complexity index is 1020. The number of rotatable bonds is 12. The number of piperazine rings is 1. The second kappa shape index (κ2) is 13.9. The van der Waals surface area contributed by atoms with Gasteiger partial charge in [-0.1, -0.05) is 61.4 Å². The Kier molecular flexibility index (Phi) is 10.4. The minimum Gasteiger partial charge on any atom is -0.435 e. The lowest BCUT2D eigenvalue weighted by atomic mass is 9.87. The summed E-state index contributed by atoms with van der Waals surface area (Å²) < 4.78 is 42.5. The molecule has 3 nitrogen and oxygen atoms in total. The number of alkyl halides is 2. The van der Waals surface area contributed by atoms with Crippen LogP contribution in [0.2, 0.25) is 0 Å². The van der Waals surface area contributed by atoms with Gasteiger partial charge in [-0.3, -0.25) is 4.90 Å². The molecule has 1 fully saturated rings. The molecule has 0 aromatic heterocycles. The van der Waals surface area contributed by atoms with Gasteiger partial charge in [0.15, 0.2) is 0 Å². The average Bonchev–Trinajstić information content (AvgIpc) is 2.89. The van der Waals surface area contributed by atoms with E-state index in [0.29, 0.717) is 0 Å². The zero-order chi connectivity index (χ0) is 26.0. The van der Waals surface area contributed by atoms with Gasteiger partial charge >= 0.3 is 6.61 Å². The molecule has 3 aromatic carbocycles. The highest BCUT2D eigenvalue weighted by Crippen LogP contribution is 2.30. The molecule has 1 aliphatic rings. The van der Waals surface area contributed by atoms with Gasteiger partial charge in [-0.25, -0.2) is 4.39 Å². The molecule has 0 saturated carbocycles. The van der Waals surface area contributed by atoms with E-state index in [9.17, 15) is 13.2 Å². The largest absolute Gasteiger partial charge is 0.435 e. The van der Waals surface area contributed by atoms with Crippen LogP contribution in [0.1, 0.15) is 48.3 Å². The van der Waals surface area contributed by atoms with Crippen molar-refractivity contribution in [3.8, 4) is 5.75 Å². The summed E-state index contributed by atoms with van der Waals surface area (Å²) in [5.41, 5.74) is 3.56. The number of nitrogens with zero attached hydrogens (tertiary/aromatic N) is 2. The first-order valence-electron chi connectivity index (χ1n) is 13.1. The van der Waals surface area contributed by atoms with Gasteiger partial charge in [0.1, 0.15) is 11.6 Å². The van der Waals surface area contributed by atoms with E-state index in [1.807, 2.05) is 24.3 Å². The van der Waals surface area contributed by atoms with Crippen molar-refractivity contribution in [1.29, 1.82) is 0 Å². The average molecular weight is 529 g/mol. The highest BCUT2D eigenvalue weighted by Gasteiger charge is 2.18. The summed E-state index contributed by atoms with van der Waals surface area (Å²) in [5.74, 6) is 0.288. The number of unbranched alkanes of at least 4 members (excludes halogenated alkanes) is 2. The fraction of sp³-hybridized carbons (Fsp3) is 0.400. The van der Waals surface area contributed by atoms with Gasteiger partial charge < -0.3 is 9.64 Å². The summed E-state index contributed by atoms with van der Waals surface area (Å²) in [7, 11) is 2.73. The van der Waals surface area contributed by atoms with E-state index in [4.69, 9.17) is 0 Å². The summed E-state index contributed by atoms with van der Waals surface area (Å²) in [6, 6.07) is 22.5. The summed E-state index contributed by atoms with van der Waals surface area (Å²) >= 11 is 0. The maximum atomic E-state index is 13.5. The molecule has 2 unspecified atom stereocenters. The molecule has 2 atom stereocenters. The molecule has 1 saturated heterocycles. The quantitative estimate of drug-likeness (QED) is 0.199. The second-order valence-electron chi connectivity index (χ2n) is 9.76. The topological polar surface area (TPSA) is 15.7 Å². The van der Waals surface area contributed by atoms with Crippen LogP contribution in [0.25, 0.3) is 0 Å². The molecule has 0 amide bonds. The van der Waals surface area contributed by atoms with E-state index in [1.165, 1.54) is 29.3 Å². The van der Waals surface area contributed by atoms with Crippen LogP contribution in [0.4, 0.5) is 13.2 Å². The summed E-state index contributed by atoms with van der Waals surface area (Å²) in [4.78, 5) is 4.94. The third-order valence-electron chi connectivity index (χ3n) is 7.10. The van der Waals surface area contributed by atoms with E-state index in [-0.39, 0.29) is 17.5 Å². The van der Waals surface area contributed by atoms with E-state index in [0.717, 1.165) is 57.7 Å². The lowest BCUT2D eigenvalue weighted by Crippen LogP contribution is -2.46. The molecule has 1 heterocycles. The molecule has 4 rings (SSSR count). The molecule has 0 spiro atoms. The predicted molar refractivity (Wildman–Crippen MR) is 147 cm³/mol. The van der Waals surface area contributed by atoms with Gasteiger partial charge in [0.25, 0.3) is 0 Å². The smallest absolute Gasteiger partial charge is 0.387 e. The highest BCUT2D eigenvalue weighted by atomic mass is 31.0. The first kappa shape index (κ1) is 27.6. The fourth-order valence-electron chi connectivity index (χ4n) is 5.02. The van der Waals surface area contributed by atoms with Crippen molar-refractivity contribution in [2.75, 3.05) is 32.7 Å². The standard InChI is InChI=1S/C30H36F3N2OP/c31-26-11-7-24(8-12-26)29(25-9-15-28(37)16-10-25)4-2-1-3-17-34-18-20-35(21-19-34)22-23-5-13-27(14-6-23)36-30(32)33/h5-16,29-30H,1-4,17-22,37H2. The van der Waals surface area contributed by atoms with Crippen LogP contribution in [0, 0.1) is 5.82 Å². The summed E-state index contributed by atoms with van der Waals surface area (Å²) in [6.45, 7) is 3.25. The van der Waals surface area contributed by atoms with E-state index in [2.05, 4.69) is 48.0 Å². The van der Waals surface area contributed by atoms with Gasteiger partial charge in [0.05, 0.1) is 0 Å². The van der Waals surface area contributed by atoms with Crippen LogP contribution in [0.3, 0.4) is 0 Å². The Hall–Kier alpha value is -2.40. The van der Waals surface area contributed by atoms with Gasteiger partial charge in [-0.15, -0.1) is 9.24 Å². The molecule has 1 aliphatic heterocycles. The SMILES string of the molecule is Fc1ccc(C(CCCCCN2CCN(Cc3ccc(OC(F)F)cc3)CC2)c2ccc(P)cc2)cc1. The minimum atomic E-state index is -2.79. The summed E-state index contributed by atoms with van der Waals surface area (Å²) in [5, 5.41) is 1.17. The zero-order valence-corrected chi connectivity index (χ0v) is 22.3. The van der Waals surface area contributed by atoms with Crippen molar-refractivity contribution < 1.29 is 17.9 Å². The second-order valence-corrected chi connectivity index (χ2v) is 10.4. The van der Waals surface area contributed by atoms with Crippen molar-refractivity contribution in [2.24, 2.45) is 0 Å². The third-order valence-corrected chi connectivity index (χ3v) is 7.48. The van der Waals surface area contributed by atoms with Crippen molar-refractivity contribution >= 4 is 14.5 Å². The molecule has 0 bridgehead atoms. The predicted octanol–water partition coefficient (Wildman–Crippen LogP) is 6.44. The van der Waals surface area contributed by atoms with E-state index < -0.39 is 6.61 Å². The number of hydrogen-bond acceptors (Lipinski definition) is 3. The monoisotopic (exact) mass is 528 g/mol. The van der Waals surface area contributed by atoms with Crippen molar-refractivity contribution in [1.82, 2.24) is 9.80 Å². The zero-order valence-electron chi connectivity index (χ0n) is 21.2. The van der Waals surface area contributed by atoms with E-state index >= 15 is 0 Å². The Morgan fingerprint density at radius 1 is 0.730 bits per heavy atom. The van der Waals surface area contributed by atoms with Crippen LogP contribution < -0.4 is 10.0 Å². The van der Waals surface area contributed by atoms with Crippen molar-refractivity contribution in [3.05, 3.63) is 95.3 Å². The van der Waals surface area contributed by atoms with Gasteiger partial charge in [-0.2, -0.15) is 8.78 Å². The number of benzene rings is 3. The summed E-state index contributed by atoms with van der Waals surface area (Å²) in [6.07, 6.45) is 4.53. The molecular weight excluding hydrogens is 492 g/mol.